The van der Waals surface area contributed by atoms with Crippen molar-refractivity contribution in [1.82, 2.24) is 0 Å². The Kier molecular flexibility index (Phi) is 4.94. The topological polar surface area (TPSA) is 113 Å². The molecule has 0 fully saturated rings. The Morgan fingerprint density at radius 2 is 2.11 bits per heavy atom. The summed E-state index contributed by atoms with van der Waals surface area (Å²) in [5.41, 5.74) is 6.00. The number of carbonyl (C=O) groups excluding carboxylic acids is 1. The van der Waals surface area contributed by atoms with Crippen LogP contribution in [0.1, 0.15) is 25.0 Å². The number of nitrogen functional groups attached to an aromatic ring is 1. The van der Waals surface area contributed by atoms with Gasteiger partial charge < -0.3 is 25.8 Å². The summed E-state index contributed by atoms with van der Waals surface area (Å²) in [7, 11) is 0. The van der Waals surface area contributed by atoms with Crippen molar-refractivity contribution in [3.63, 3.8) is 0 Å². The lowest BCUT2D eigenvalue weighted by Gasteiger charge is -2.19. The van der Waals surface area contributed by atoms with E-state index in [9.17, 15) is 20.1 Å². The van der Waals surface area contributed by atoms with Gasteiger partial charge in [0, 0.05) is 17.3 Å². The zero-order valence-electron chi connectivity index (χ0n) is 10.0. The molecular weight excluding hydrogens is 238 g/mol. The van der Waals surface area contributed by atoms with Crippen molar-refractivity contribution in [2.24, 2.45) is 0 Å². The molecule has 0 aliphatic heterocycles. The monoisotopic (exact) mass is 255 g/mol. The van der Waals surface area contributed by atoms with Crippen molar-refractivity contribution in [3.05, 3.63) is 23.8 Å². The molecule has 2 atom stereocenters. The number of hydrogen-bond donors (Lipinski definition) is 4. The van der Waals surface area contributed by atoms with Crippen LogP contribution in [-0.4, -0.2) is 34.0 Å². The quantitative estimate of drug-likeness (QED) is 0.445. The maximum absolute atomic E-state index is 11.2. The molecule has 1 rings (SSSR count). The number of esters is 1. The Bertz CT molecular complexity index is 421. The average Bonchev–Trinajstić information content (AvgIpc) is 2.28. The summed E-state index contributed by atoms with van der Waals surface area (Å²) in [6.45, 7) is 1.86. The van der Waals surface area contributed by atoms with E-state index in [0.717, 1.165) is 0 Å². The van der Waals surface area contributed by atoms with Gasteiger partial charge in [0.15, 0.2) is 0 Å². The number of hydrogen-bond acceptors (Lipinski definition) is 6. The summed E-state index contributed by atoms with van der Waals surface area (Å²) in [5, 5.41) is 28.7. The Labute approximate surface area is 105 Å². The van der Waals surface area contributed by atoms with Crippen LogP contribution >= 0.6 is 0 Å². The fourth-order valence-electron chi connectivity index (χ4n) is 1.54. The third kappa shape index (κ3) is 3.61. The molecule has 0 saturated carbocycles. The molecule has 18 heavy (non-hydrogen) atoms. The Hall–Kier alpha value is -1.79. The van der Waals surface area contributed by atoms with Crippen LogP contribution in [0.5, 0.6) is 5.75 Å². The molecule has 6 heteroatoms. The second kappa shape index (κ2) is 6.23. The summed E-state index contributed by atoms with van der Waals surface area (Å²) >= 11 is 0. The van der Waals surface area contributed by atoms with Crippen LogP contribution in [0.3, 0.4) is 0 Å². The number of anilines is 1. The number of aliphatic hydroxyl groups is 2. The highest BCUT2D eigenvalue weighted by atomic mass is 16.5. The van der Waals surface area contributed by atoms with Gasteiger partial charge in [-0.1, -0.05) is 6.07 Å². The van der Waals surface area contributed by atoms with Crippen molar-refractivity contribution in [2.75, 3.05) is 12.3 Å². The van der Waals surface area contributed by atoms with Crippen molar-refractivity contribution < 1.29 is 24.9 Å². The maximum Gasteiger partial charge on any atom is 0.308 e. The van der Waals surface area contributed by atoms with Crippen LogP contribution in [0.15, 0.2) is 18.2 Å². The van der Waals surface area contributed by atoms with Crippen LogP contribution in [0.4, 0.5) is 5.69 Å². The third-order valence-electron chi connectivity index (χ3n) is 2.43. The minimum atomic E-state index is -1.31. The summed E-state index contributed by atoms with van der Waals surface area (Å²) < 4.78 is 4.67. The first-order chi connectivity index (χ1) is 8.45. The zero-order valence-corrected chi connectivity index (χ0v) is 10.0. The van der Waals surface area contributed by atoms with Crippen molar-refractivity contribution in [2.45, 2.75) is 25.6 Å². The van der Waals surface area contributed by atoms with Gasteiger partial charge in [0.1, 0.15) is 11.9 Å². The molecule has 1 aromatic carbocycles. The standard InChI is InChI=1S/C12H17NO5/c1-2-18-11(16)6-10(15)12(17)8-4-3-7(14)5-9(8)13/h3-5,10,12,14-15,17H,2,6,13H2,1H3. The number of nitrogens with two attached hydrogens (primary N) is 1. The van der Waals surface area contributed by atoms with Crippen molar-refractivity contribution >= 4 is 11.7 Å². The highest BCUT2D eigenvalue weighted by Gasteiger charge is 2.23. The van der Waals surface area contributed by atoms with Crippen molar-refractivity contribution in [3.8, 4) is 5.75 Å². The first-order valence-corrected chi connectivity index (χ1v) is 5.55. The van der Waals surface area contributed by atoms with E-state index in [1.54, 1.807) is 6.92 Å². The van der Waals surface area contributed by atoms with Gasteiger partial charge in [0.25, 0.3) is 0 Å². The van der Waals surface area contributed by atoms with Crippen LogP contribution in [0.2, 0.25) is 0 Å². The number of phenolic OH excluding ortho intramolecular Hbond substituents is 1. The Morgan fingerprint density at radius 3 is 2.67 bits per heavy atom. The fourth-order valence-corrected chi connectivity index (χ4v) is 1.54. The van der Waals surface area contributed by atoms with E-state index in [-0.39, 0.29) is 30.0 Å². The van der Waals surface area contributed by atoms with Gasteiger partial charge in [-0.3, -0.25) is 4.79 Å². The lowest BCUT2D eigenvalue weighted by Crippen LogP contribution is -2.23. The van der Waals surface area contributed by atoms with Gasteiger partial charge in [0.2, 0.25) is 0 Å². The molecule has 1 aromatic rings. The van der Waals surface area contributed by atoms with Crippen LogP contribution < -0.4 is 5.73 Å². The second-order valence-electron chi connectivity index (χ2n) is 3.83. The van der Waals surface area contributed by atoms with Gasteiger partial charge in [0.05, 0.1) is 19.1 Å². The Balaban J connectivity index is 2.73. The lowest BCUT2D eigenvalue weighted by atomic mass is 10.0. The molecule has 0 radical (unpaired) electrons. The molecule has 2 unspecified atom stereocenters. The maximum atomic E-state index is 11.2. The van der Waals surface area contributed by atoms with E-state index < -0.39 is 18.2 Å². The van der Waals surface area contributed by atoms with Gasteiger partial charge in [-0.2, -0.15) is 0 Å². The first kappa shape index (κ1) is 14.3. The normalized spacial score (nSPS) is 13.9. The zero-order chi connectivity index (χ0) is 13.7. The van der Waals surface area contributed by atoms with Gasteiger partial charge in [-0.25, -0.2) is 0 Å². The van der Waals surface area contributed by atoms with E-state index in [1.165, 1.54) is 18.2 Å². The molecule has 0 heterocycles. The smallest absolute Gasteiger partial charge is 0.308 e. The molecular formula is C12H17NO5. The van der Waals surface area contributed by atoms with Gasteiger partial charge in [-0.05, 0) is 13.0 Å². The SMILES string of the molecule is CCOC(=O)CC(O)C(O)c1ccc(O)cc1N. The highest BCUT2D eigenvalue weighted by Crippen LogP contribution is 2.27. The fraction of sp³-hybridized carbons (Fsp3) is 0.417. The third-order valence-corrected chi connectivity index (χ3v) is 2.43. The van der Waals surface area contributed by atoms with Crippen LogP contribution in [-0.2, 0) is 9.53 Å². The molecule has 5 N–H and O–H groups in total. The molecule has 0 aromatic heterocycles. The minimum absolute atomic E-state index is 0.0386. The predicted molar refractivity (Wildman–Crippen MR) is 64.7 cm³/mol. The molecule has 6 nitrogen and oxygen atoms in total. The summed E-state index contributed by atoms with van der Waals surface area (Å²) in [5.74, 6) is -0.635. The van der Waals surface area contributed by atoms with Crippen molar-refractivity contribution in [1.29, 1.82) is 0 Å². The molecule has 0 amide bonds. The molecule has 0 bridgehead atoms. The number of rotatable bonds is 5. The summed E-state index contributed by atoms with van der Waals surface area (Å²) in [6.07, 6.45) is -2.94. The second-order valence-corrected chi connectivity index (χ2v) is 3.83. The van der Waals surface area contributed by atoms with E-state index in [0.29, 0.717) is 0 Å². The molecule has 0 aliphatic carbocycles. The van der Waals surface area contributed by atoms with Crippen LogP contribution in [0, 0.1) is 0 Å². The van der Waals surface area contributed by atoms with E-state index in [4.69, 9.17) is 5.73 Å². The van der Waals surface area contributed by atoms with Gasteiger partial charge in [-0.15, -0.1) is 0 Å². The largest absolute Gasteiger partial charge is 0.508 e. The summed E-state index contributed by atoms with van der Waals surface area (Å²) in [6, 6.07) is 3.99. The van der Waals surface area contributed by atoms with E-state index in [1.807, 2.05) is 0 Å². The predicted octanol–water partition coefficient (Wildman–Crippen LogP) is 0.322. The number of benzene rings is 1. The molecule has 0 aliphatic rings. The number of aliphatic hydroxyl groups excluding tert-OH is 2. The number of aromatic hydroxyl groups is 1. The van der Waals surface area contributed by atoms with E-state index in [2.05, 4.69) is 4.74 Å². The number of carbonyl (C=O) groups is 1. The molecule has 0 spiro atoms. The molecule has 100 valence electrons. The highest BCUT2D eigenvalue weighted by molar-refractivity contribution is 5.70. The Morgan fingerprint density at radius 1 is 1.44 bits per heavy atom. The average molecular weight is 255 g/mol. The summed E-state index contributed by atoms with van der Waals surface area (Å²) in [4.78, 5) is 11.2. The van der Waals surface area contributed by atoms with Crippen LogP contribution in [0.25, 0.3) is 0 Å². The lowest BCUT2D eigenvalue weighted by molar-refractivity contribution is -0.147. The first-order valence-electron chi connectivity index (χ1n) is 5.55. The van der Waals surface area contributed by atoms with Gasteiger partial charge >= 0.3 is 5.97 Å². The minimum Gasteiger partial charge on any atom is -0.508 e. The molecule has 0 saturated heterocycles. The van der Waals surface area contributed by atoms with E-state index >= 15 is 0 Å². The number of phenols is 1. The number of ether oxygens (including phenoxy) is 1.